The minimum absolute atomic E-state index is 0.185. The predicted octanol–water partition coefficient (Wildman–Crippen LogP) is 3.75. The molecule has 0 saturated carbocycles. The predicted molar refractivity (Wildman–Crippen MR) is 62.2 cm³/mol. The molecule has 14 heavy (non-hydrogen) atoms. The third-order valence-electron chi connectivity index (χ3n) is 1.12. The standard InChI is InChI=1S/C8H18Cl2NO2P/c1-6(2)13-14(12,7(9)10)11-8(3,4)5/h6-7H,1-5H3,(H,11,12)/t14-/m1/s1. The summed E-state index contributed by atoms with van der Waals surface area (Å²) < 4.78 is 16.3. The highest BCUT2D eigenvalue weighted by Crippen LogP contribution is 2.54. The fourth-order valence-corrected chi connectivity index (χ4v) is 3.27. The van der Waals surface area contributed by atoms with Crippen LogP contribution in [0.2, 0.25) is 0 Å². The van der Waals surface area contributed by atoms with Gasteiger partial charge in [-0.05, 0) is 34.6 Å². The minimum atomic E-state index is -3.19. The van der Waals surface area contributed by atoms with Gasteiger partial charge >= 0.3 is 7.52 Å². The zero-order valence-corrected chi connectivity index (χ0v) is 11.6. The van der Waals surface area contributed by atoms with Gasteiger partial charge in [0.05, 0.1) is 6.10 Å². The number of hydrogen-bond acceptors (Lipinski definition) is 2. The third-order valence-corrected chi connectivity index (χ3v) is 4.89. The zero-order valence-electron chi connectivity index (χ0n) is 9.17. The van der Waals surface area contributed by atoms with Crippen molar-refractivity contribution in [1.82, 2.24) is 5.09 Å². The Balaban J connectivity index is 4.66. The van der Waals surface area contributed by atoms with E-state index in [1.54, 1.807) is 13.8 Å². The van der Waals surface area contributed by atoms with E-state index in [4.69, 9.17) is 27.7 Å². The molecule has 0 spiro atoms. The van der Waals surface area contributed by atoms with Crippen LogP contribution in [-0.4, -0.2) is 16.2 Å². The van der Waals surface area contributed by atoms with Crippen LogP contribution in [-0.2, 0) is 9.09 Å². The molecule has 0 aromatic heterocycles. The average Bonchev–Trinajstić information content (AvgIpc) is 1.79. The molecule has 0 aliphatic rings. The van der Waals surface area contributed by atoms with Gasteiger partial charge in [-0.3, -0.25) is 4.57 Å². The van der Waals surface area contributed by atoms with E-state index >= 15 is 0 Å². The highest BCUT2D eigenvalue weighted by atomic mass is 35.5. The summed E-state index contributed by atoms with van der Waals surface area (Å²) in [4.78, 5) is 0. The van der Waals surface area contributed by atoms with Gasteiger partial charge in [-0.1, -0.05) is 23.2 Å². The van der Waals surface area contributed by atoms with Crippen LogP contribution in [0.15, 0.2) is 0 Å². The summed E-state index contributed by atoms with van der Waals surface area (Å²) >= 11 is 11.3. The second kappa shape index (κ2) is 5.18. The van der Waals surface area contributed by atoms with Crippen LogP contribution in [0.5, 0.6) is 0 Å². The van der Waals surface area contributed by atoms with E-state index in [1.807, 2.05) is 20.8 Å². The van der Waals surface area contributed by atoms with Crippen molar-refractivity contribution in [3.05, 3.63) is 0 Å². The van der Waals surface area contributed by atoms with Crippen LogP contribution in [0.25, 0.3) is 0 Å². The van der Waals surface area contributed by atoms with Gasteiger partial charge in [0, 0.05) is 5.54 Å². The quantitative estimate of drug-likeness (QED) is 0.619. The van der Waals surface area contributed by atoms with Crippen LogP contribution in [0, 0.1) is 0 Å². The smallest absolute Gasteiger partial charge is 0.302 e. The van der Waals surface area contributed by atoms with E-state index in [2.05, 4.69) is 5.09 Å². The molecular formula is C8H18Cl2NO2P. The molecule has 0 radical (unpaired) electrons. The monoisotopic (exact) mass is 261 g/mol. The first-order chi connectivity index (χ1) is 6.07. The Kier molecular flexibility index (Phi) is 5.45. The molecule has 86 valence electrons. The Morgan fingerprint density at radius 3 is 1.93 bits per heavy atom. The highest BCUT2D eigenvalue weighted by Gasteiger charge is 2.36. The third kappa shape index (κ3) is 5.57. The molecule has 0 aliphatic heterocycles. The van der Waals surface area contributed by atoms with E-state index in [0.717, 1.165) is 0 Å². The molecule has 0 unspecified atom stereocenters. The fraction of sp³-hybridized carbons (Fsp3) is 1.00. The first-order valence-electron chi connectivity index (χ1n) is 4.42. The molecule has 0 aromatic carbocycles. The summed E-state index contributed by atoms with van der Waals surface area (Å²) in [7, 11) is -3.19. The first kappa shape index (κ1) is 14.7. The molecule has 0 bridgehead atoms. The van der Waals surface area contributed by atoms with Gasteiger partial charge in [0.15, 0.2) is 4.58 Å². The van der Waals surface area contributed by atoms with Crippen LogP contribution in [0.4, 0.5) is 0 Å². The Labute approximate surface area is 96.0 Å². The average molecular weight is 262 g/mol. The van der Waals surface area contributed by atoms with Crippen molar-refractivity contribution in [2.24, 2.45) is 0 Å². The van der Waals surface area contributed by atoms with Crippen molar-refractivity contribution in [3.8, 4) is 0 Å². The lowest BCUT2D eigenvalue weighted by Gasteiger charge is -2.30. The number of alkyl halides is 2. The number of nitrogens with one attached hydrogen (secondary N) is 1. The van der Waals surface area contributed by atoms with Gasteiger partial charge in [-0.2, -0.15) is 0 Å². The van der Waals surface area contributed by atoms with E-state index < -0.39 is 12.1 Å². The second-order valence-corrected chi connectivity index (χ2v) is 8.24. The van der Waals surface area contributed by atoms with Crippen LogP contribution in [0.3, 0.4) is 0 Å². The number of halogens is 2. The molecule has 3 nitrogen and oxygen atoms in total. The lowest BCUT2D eigenvalue weighted by molar-refractivity contribution is 0.232. The topological polar surface area (TPSA) is 38.3 Å². The molecular weight excluding hydrogens is 244 g/mol. The number of rotatable bonds is 4. The molecule has 0 aliphatic carbocycles. The Bertz CT molecular complexity index is 226. The van der Waals surface area contributed by atoms with Crippen molar-refractivity contribution in [2.45, 2.75) is 50.8 Å². The largest absolute Gasteiger partial charge is 0.313 e. The van der Waals surface area contributed by atoms with Gasteiger partial charge < -0.3 is 4.52 Å². The molecule has 1 N–H and O–H groups in total. The maximum Gasteiger partial charge on any atom is 0.302 e. The Hall–Kier alpha value is 0.730. The minimum Gasteiger partial charge on any atom is -0.313 e. The van der Waals surface area contributed by atoms with Gasteiger partial charge in [0.2, 0.25) is 0 Å². The first-order valence-corrected chi connectivity index (χ1v) is 6.99. The normalized spacial score (nSPS) is 17.5. The Morgan fingerprint density at radius 1 is 1.29 bits per heavy atom. The van der Waals surface area contributed by atoms with Crippen molar-refractivity contribution >= 4 is 30.7 Å². The molecule has 0 fully saturated rings. The summed E-state index contributed by atoms with van der Waals surface area (Å²) in [5, 5.41) is 2.83. The van der Waals surface area contributed by atoms with E-state index in [9.17, 15) is 4.57 Å². The van der Waals surface area contributed by atoms with E-state index in [1.165, 1.54) is 0 Å². The van der Waals surface area contributed by atoms with E-state index in [0.29, 0.717) is 0 Å². The summed E-state index contributed by atoms with van der Waals surface area (Å²) in [6.07, 6.45) is -0.185. The van der Waals surface area contributed by atoms with Crippen LogP contribution < -0.4 is 5.09 Å². The summed E-state index contributed by atoms with van der Waals surface area (Å²) in [6.45, 7) is 9.19. The molecule has 0 aromatic rings. The van der Waals surface area contributed by atoms with Gasteiger partial charge in [-0.15, -0.1) is 0 Å². The van der Waals surface area contributed by atoms with E-state index in [-0.39, 0.29) is 11.6 Å². The summed E-state index contributed by atoms with van der Waals surface area (Å²) in [5.41, 5.74) is -0.355. The Morgan fingerprint density at radius 2 is 1.71 bits per heavy atom. The second-order valence-electron chi connectivity index (χ2n) is 4.39. The fourth-order valence-electron chi connectivity index (χ4n) is 0.902. The lowest BCUT2D eigenvalue weighted by atomic mass is 10.1. The molecule has 0 saturated heterocycles. The van der Waals surface area contributed by atoms with Crippen LogP contribution >= 0.6 is 30.7 Å². The van der Waals surface area contributed by atoms with Crippen molar-refractivity contribution in [2.75, 3.05) is 0 Å². The van der Waals surface area contributed by atoms with Gasteiger partial charge in [0.1, 0.15) is 0 Å². The SMILES string of the molecule is CC(C)O[P@@](=O)(NC(C)(C)C)C(Cl)Cl. The van der Waals surface area contributed by atoms with Gasteiger partial charge in [0.25, 0.3) is 0 Å². The number of hydrogen-bond donors (Lipinski definition) is 1. The molecule has 6 heteroatoms. The maximum absolute atomic E-state index is 12.1. The van der Waals surface area contributed by atoms with Crippen LogP contribution in [0.1, 0.15) is 34.6 Å². The van der Waals surface area contributed by atoms with Crippen molar-refractivity contribution in [3.63, 3.8) is 0 Å². The van der Waals surface area contributed by atoms with Crippen molar-refractivity contribution < 1.29 is 9.09 Å². The molecule has 0 amide bonds. The van der Waals surface area contributed by atoms with Gasteiger partial charge in [-0.25, -0.2) is 5.09 Å². The molecule has 1 atom stereocenters. The van der Waals surface area contributed by atoms with Crippen molar-refractivity contribution in [1.29, 1.82) is 0 Å². The summed E-state index contributed by atoms with van der Waals surface area (Å²) in [6, 6.07) is 0. The zero-order chi connectivity index (χ0) is 11.6. The maximum atomic E-state index is 12.1. The molecule has 0 heterocycles. The lowest BCUT2D eigenvalue weighted by Crippen LogP contribution is -2.35. The highest BCUT2D eigenvalue weighted by molar-refractivity contribution is 7.61. The summed E-state index contributed by atoms with van der Waals surface area (Å²) in [5.74, 6) is 0. The molecule has 0 rings (SSSR count).